The first-order chi connectivity index (χ1) is 16.6. The van der Waals surface area contributed by atoms with Crippen LogP contribution in [-0.4, -0.2) is 15.3 Å². The van der Waals surface area contributed by atoms with E-state index in [-0.39, 0.29) is 17.2 Å². The van der Waals surface area contributed by atoms with Gasteiger partial charge in [0.1, 0.15) is 23.0 Å². The maximum absolute atomic E-state index is 10.6. The standard InChI is InChI=1S/C30H31NO4/c1-17-11-13-25(33)21(5)29(17)31(30-18(2)12-14-26(34)22(30)6)23-9-7-8-10-28(23)35-27-16-15-24(32)19(3)20(27)4/h7-16,32-34H,1-6H3. The van der Waals surface area contributed by atoms with Crippen LogP contribution in [0.2, 0.25) is 0 Å². The molecule has 0 saturated heterocycles. The fraction of sp³-hybridized carbons (Fsp3) is 0.200. The Morgan fingerprint density at radius 2 is 1.00 bits per heavy atom. The van der Waals surface area contributed by atoms with E-state index in [0.29, 0.717) is 11.5 Å². The molecule has 0 spiro atoms. The number of nitrogens with zero attached hydrogens (tertiary/aromatic N) is 1. The minimum Gasteiger partial charge on any atom is -0.508 e. The van der Waals surface area contributed by atoms with Crippen molar-refractivity contribution in [3.8, 4) is 28.7 Å². The van der Waals surface area contributed by atoms with Crippen molar-refractivity contribution in [3.05, 3.63) is 94.0 Å². The number of hydrogen-bond donors (Lipinski definition) is 3. The number of anilines is 3. The third-order valence-electron chi connectivity index (χ3n) is 6.69. The smallest absolute Gasteiger partial charge is 0.151 e. The maximum atomic E-state index is 10.6. The summed E-state index contributed by atoms with van der Waals surface area (Å²) in [5.74, 6) is 1.84. The molecule has 5 heteroatoms. The first kappa shape index (κ1) is 24.0. The van der Waals surface area contributed by atoms with E-state index in [2.05, 4.69) is 0 Å². The highest BCUT2D eigenvalue weighted by atomic mass is 16.5. The quantitative estimate of drug-likeness (QED) is 0.277. The summed E-state index contributed by atoms with van der Waals surface area (Å²) in [4.78, 5) is 2.05. The van der Waals surface area contributed by atoms with Crippen molar-refractivity contribution in [1.29, 1.82) is 0 Å². The van der Waals surface area contributed by atoms with Crippen molar-refractivity contribution >= 4 is 17.1 Å². The molecule has 0 atom stereocenters. The zero-order chi connectivity index (χ0) is 25.4. The van der Waals surface area contributed by atoms with E-state index in [1.54, 1.807) is 24.3 Å². The van der Waals surface area contributed by atoms with Crippen LogP contribution in [0.3, 0.4) is 0 Å². The number of aryl methyl sites for hydroxylation is 2. The number of phenolic OH excluding ortho intramolecular Hbond substituents is 3. The largest absolute Gasteiger partial charge is 0.508 e. The van der Waals surface area contributed by atoms with Crippen LogP contribution in [0, 0.1) is 41.5 Å². The van der Waals surface area contributed by atoms with Crippen molar-refractivity contribution < 1.29 is 20.1 Å². The summed E-state index contributed by atoms with van der Waals surface area (Å²) in [6, 6.07) is 18.2. The number of rotatable bonds is 5. The van der Waals surface area contributed by atoms with Gasteiger partial charge in [-0.1, -0.05) is 24.3 Å². The number of benzene rings is 4. The molecule has 0 aliphatic rings. The lowest BCUT2D eigenvalue weighted by molar-refractivity contribution is 0.458. The summed E-state index contributed by atoms with van der Waals surface area (Å²) in [5.41, 5.74) is 7.37. The summed E-state index contributed by atoms with van der Waals surface area (Å²) >= 11 is 0. The van der Waals surface area contributed by atoms with E-state index in [0.717, 1.165) is 50.4 Å². The predicted molar refractivity (Wildman–Crippen MR) is 141 cm³/mol. The normalized spacial score (nSPS) is 10.9. The van der Waals surface area contributed by atoms with Crippen molar-refractivity contribution in [2.75, 3.05) is 4.90 Å². The summed E-state index contributed by atoms with van der Waals surface area (Å²) in [6.45, 7) is 11.5. The minimum atomic E-state index is 0.189. The molecule has 0 saturated carbocycles. The molecular formula is C30H31NO4. The van der Waals surface area contributed by atoms with E-state index >= 15 is 0 Å². The lowest BCUT2D eigenvalue weighted by Gasteiger charge is -2.33. The van der Waals surface area contributed by atoms with E-state index < -0.39 is 0 Å². The van der Waals surface area contributed by atoms with Gasteiger partial charge in [0, 0.05) is 11.1 Å². The maximum Gasteiger partial charge on any atom is 0.151 e. The molecule has 4 aromatic rings. The Morgan fingerprint density at radius 1 is 0.514 bits per heavy atom. The monoisotopic (exact) mass is 469 g/mol. The topological polar surface area (TPSA) is 73.2 Å². The van der Waals surface area contributed by atoms with Gasteiger partial charge in [-0.2, -0.15) is 0 Å². The van der Waals surface area contributed by atoms with Gasteiger partial charge < -0.3 is 25.0 Å². The third kappa shape index (κ3) is 4.26. The van der Waals surface area contributed by atoms with Crippen LogP contribution in [0.1, 0.15) is 33.4 Å². The SMILES string of the molecule is Cc1ccc(O)c(C)c1N(c1ccccc1Oc1ccc(O)c(C)c1C)c1c(C)ccc(O)c1C. The molecule has 0 unspecified atom stereocenters. The van der Waals surface area contributed by atoms with Gasteiger partial charge in [0.15, 0.2) is 5.75 Å². The lowest BCUT2D eigenvalue weighted by Crippen LogP contribution is -2.16. The van der Waals surface area contributed by atoms with Gasteiger partial charge in [0.05, 0.1) is 17.1 Å². The number of para-hydroxylation sites is 2. The first-order valence-corrected chi connectivity index (χ1v) is 11.6. The van der Waals surface area contributed by atoms with Crippen LogP contribution >= 0.6 is 0 Å². The zero-order valence-corrected chi connectivity index (χ0v) is 21.0. The fourth-order valence-electron chi connectivity index (χ4n) is 4.43. The van der Waals surface area contributed by atoms with Crippen LogP contribution in [-0.2, 0) is 0 Å². The van der Waals surface area contributed by atoms with Crippen LogP contribution in [0.5, 0.6) is 28.7 Å². The number of aromatic hydroxyl groups is 3. The molecule has 5 nitrogen and oxygen atoms in total. The highest BCUT2D eigenvalue weighted by Crippen LogP contribution is 2.49. The molecule has 0 heterocycles. The van der Waals surface area contributed by atoms with Crippen LogP contribution < -0.4 is 9.64 Å². The number of hydrogen-bond acceptors (Lipinski definition) is 5. The summed E-state index contributed by atoms with van der Waals surface area (Å²) in [6.07, 6.45) is 0. The summed E-state index contributed by atoms with van der Waals surface area (Å²) in [5, 5.41) is 31.3. The van der Waals surface area contributed by atoms with E-state index in [9.17, 15) is 15.3 Å². The van der Waals surface area contributed by atoms with Crippen molar-refractivity contribution in [2.45, 2.75) is 41.5 Å². The lowest BCUT2D eigenvalue weighted by atomic mass is 10.0. The second kappa shape index (κ2) is 9.26. The van der Waals surface area contributed by atoms with Gasteiger partial charge in [-0.25, -0.2) is 0 Å². The second-order valence-corrected chi connectivity index (χ2v) is 8.99. The molecular weight excluding hydrogens is 438 g/mol. The van der Waals surface area contributed by atoms with Gasteiger partial charge in [0.25, 0.3) is 0 Å². The Kier molecular flexibility index (Phi) is 6.35. The molecule has 0 aliphatic heterocycles. The second-order valence-electron chi connectivity index (χ2n) is 8.99. The molecule has 4 aromatic carbocycles. The van der Waals surface area contributed by atoms with Crippen LogP contribution in [0.4, 0.5) is 17.1 Å². The number of phenols is 3. The summed E-state index contributed by atoms with van der Waals surface area (Å²) in [7, 11) is 0. The van der Waals surface area contributed by atoms with Gasteiger partial charge >= 0.3 is 0 Å². The average molecular weight is 470 g/mol. The minimum absolute atomic E-state index is 0.189. The summed E-state index contributed by atoms with van der Waals surface area (Å²) < 4.78 is 6.44. The average Bonchev–Trinajstić information content (AvgIpc) is 2.84. The van der Waals surface area contributed by atoms with E-state index in [1.807, 2.05) is 82.8 Å². The first-order valence-electron chi connectivity index (χ1n) is 11.6. The van der Waals surface area contributed by atoms with Crippen molar-refractivity contribution in [2.24, 2.45) is 0 Å². The molecule has 0 aromatic heterocycles. The Bertz CT molecular complexity index is 1370. The molecule has 180 valence electrons. The molecule has 3 N–H and O–H groups in total. The molecule has 0 amide bonds. The predicted octanol–water partition coefficient (Wildman–Crippen LogP) is 7.92. The molecule has 0 aliphatic carbocycles. The Balaban J connectivity index is 2.01. The van der Waals surface area contributed by atoms with E-state index in [4.69, 9.17) is 4.74 Å². The Morgan fingerprint density at radius 3 is 1.57 bits per heavy atom. The van der Waals surface area contributed by atoms with Gasteiger partial charge in [-0.15, -0.1) is 0 Å². The van der Waals surface area contributed by atoms with E-state index in [1.165, 1.54) is 0 Å². The molecule has 0 fully saturated rings. The Labute approximate surface area is 206 Å². The molecule has 0 radical (unpaired) electrons. The van der Waals surface area contributed by atoms with Gasteiger partial charge in [-0.05, 0) is 100 Å². The highest BCUT2D eigenvalue weighted by molar-refractivity contribution is 5.87. The van der Waals surface area contributed by atoms with Gasteiger partial charge in [-0.3, -0.25) is 0 Å². The third-order valence-corrected chi connectivity index (χ3v) is 6.69. The fourth-order valence-corrected chi connectivity index (χ4v) is 4.43. The van der Waals surface area contributed by atoms with Crippen molar-refractivity contribution in [1.82, 2.24) is 0 Å². The highest BCUT2D eigenvalue weighted by Gasteiger charge is 2.25. The van der Waals surface area contributed by atoms with Crippen LogP contribution in [0.15, 0.2) is 60.7 Å². The molecule has 0 bridgehead atoms. The zero-order valence-electron chi connectivity index (χ0n) is 21.0. The molecule has 35 heavy (non-hydrogen) atoms. The van der Waals surface area contributed by atoms with Gasteiger partial charge in [0.2, 0.25) is 0 Å². The molecule has 4 rings (SSSR count). The van der Waals surface area contributed by atoms with Crippen LogP contribution in [0.25, 0.3) is 0 Å². The number of ether oxygens (including phenoxy) is 1. The Hall–Kier alpha value is -4.12. The van der Waals surface area contributed by atoms with Crippen molar-refractivity contribution in [3.63, 3.8) is 0 Å².